The minimum atomic E-state index is -0.627. The number of benzene rings is 3. The normalized spacial score (nSPS) is 11.2. The van der Waals surface area contributed by atoms with E-state index >= 15 is 0 Å². The summed E-state index contributed by atoms with van der Waals surface area (Å²) in [5.41, 5.74) is 0.423. The van der Waals surface area contributed by atoms with Gasteiger partial charge in [0.05, 0.1) is 22.0 Å². The Hall–Kier alpha value is -3.61. The van der Waals surface area contributed by atoms with Crippen molar-refractivity contribution in [3.05, 3.63) is 100 Å². The number of carbonyl (C=O) groups is 1. The van der Waals surface area contributed by atoms with Gasteiger partial charge in [-0.1, -0.05) is 50.4 Å². The van der Waals surface area contributed by atoms with E-state index in [9.17, 15) is 19.7 Å². The van der Waals surface area contributed by atoms with Crippen LogP contribution in [0.1, 0.15) is 24.7 Å². The number of aryl methyl sites for hydroxylation is 1. The highest BCUT2D eigenvalue weighted by Crippen LogP contribution is 2.34. The molecule has 1 heterocycles. The van der Waals surface area contributed by atoms with Gasteiger partial charge in [0.15, 0.2) is 6.61 Å². The zero-order valence-corrected chi connectivity index (χ0v) is 24.3. The molecule has 4 aromatic rings. The molecule has 1 aromatic heterocycles. The molecule has 0 aliphatic heterocycles. The van der Waals surface area contributed by atoms with Crippen molar-refractivity contribution < 1.29 is 14.5 Å². The predicted octanol–water partition coefficient (Wildman–Crippen LogP) is 6.34. The van der Waals surface area contributed by atoms with E-state index in [4.69, 9.17) is 16.3 Å². The van der Waals surface area contributed by atoms with E-state index in [-0.39, 0.29) is 17.0 Å². The van der Waals surface area contributed by atoms with Gasteiger partial charge in [-0.15, -0.1) is 0 Å². The van der Waals surface area contributed by atoms with Crippen molar-refractivity contribution in [3.8, 4) is 5.75 Å². The quantitative estimate of drug-likeness (QED) is 0.125. The van der Waals surface area contributed by atoms with E-state index in [1.165, 1.54) is 17.0 Å². The number of rotatable bonds is 9. The molecule has 0 saturated heterocycles. The Kier molecular flexibility index (Phi) is 9.10. The standard InChI is InChI=1S/C26H20Br2ClN5O5/c1-2-3-23-32-21-9-4-16(27)11-20(21)26(36)33(23)30-13-15-10-17(28)12-22(34(37)38)25(15)39-14-24(35)31-19-7-5-18(29)6-8-19/h4-13H,2-3,14H2,1H3,(H,31,35). The number of amides is 1. The number of anilines is 1. The number of fused-ring (bicyclic) bond motifs is 1. The lowest BCUT2D eigenvalue weighted by Gasteiger charge is -2.12. The first kappa shape index (κ1) is 28.4. The van der Waals surface area contributed by atoms with Gasteiger partial charge in [-0.05, 0) is 55.0 Å². The van der Waals surface area contributed by atoms with Crippen molar-refractivity contribution in [2.75, 3.05) is 11.9 Å². The van der Waals surface area contributed by atoms with Crippen LogP contribution in [0.4, 0.5) is 11.4 Å². The summed E-state index contributed by atoms with van der Waals surface area (Å²) in [4.78, 5) is 41.6. The third-order valence-corrected chi connectivity index (χ3v) is 6.60. The molecule has 10 nitrogen and oxygen atoms in total. The van der Waals surface area contributed by atoms with Gasteiger partial charge >= 0.3 is 5.69 Å². The van der Waals surface area contributed by atoms with Gasteiger partial charge in [-0.3, -0.25) is 19.7 Å². The Morgan fingerprint density at radius 2 is 1.92 bits per heavy atom. The SMILES string of the molecule is CCCc1nc2ccc(Br)cc2c(=O)n1N=Cc1cc(Br)cc([N+](=O)[O-])c1OCC(=O)Nc1ccc(Cl)cc1. The minimum absolute atomic E-state index is 0.180. The van der Waals surface area contributed by atoms with Crippen LogP contribution in [0.15, 0.2) is 73.4 Å². The van der Waals surface area contributed by atoms with Crippen molar-refractivity contribution >= 4 is 77.9 Å². The Morgan fingerprint density at radius 1 is 1.18 bits per heavy atom. The van der Waals surface area contributed by atoms with E-state index in [0.717, 1.165) is 0 Å². The number of nitrogens with one attached hydrogen (secondary N) is 1. The summed E-state index contributed by atoms with van der Waals surface area (Å²) >= 11 is 12.5. The number of hydrogen-bond donors (Lipinski definition) is 1. The van der Waals surface area contributed by atoms with Crippen molar-refractivity contribution in [2.24, 2.45) is 5.10 Å². The molecule has 39 heavy (non-hydrogen) atoms. The molecule has 0 bridgehead atoms. The monoisotopic (exact) mass is 675 g/mol. The lowest BCUT2D eigenvalue weighted by atomic mass is 10.2. The number of nitrogens with zero attached hydrogens (tertiary/aromatic N) is 4. The van der Waals surface area contributed by atoms with Gasteiger partial charge in [0.1, 0.15) is 5.82 Å². The third kappa shape index (κ3) is 6.88. The van der Waals surface area contributed by atoms with E-state index < -0.39 is 23.0 Å². The van der Waals surface area contributed by atoms with Crippen LogP contribution in [-0.4, -0.2) is 33.3 Å². The van der Waals surface area contributed by atoms with Crippen LogP contribution in [0.3, 0.4) is 0 Å². The molecule has 0 atom stereocenters. The molecule has 0 spiro atoms. The van der Waals surface area contributed by atoms with Gasteiger partial charge < -0.3 is 10.1 Å². The molecule has 0 aliphatic carbocycles. The second-order valence-electron chi connectivity index (χ2n) is 8.25. The fourth-order valence-electron chi connectivity index (χ4n) is 3.68. The number of halogens is 3. The molecule has 0 saturated carbocycles. The summed E-state index contributed by atoms with van der Waals surface area (Å²) in [5.74, 6) is -0.286. The summed E-state index contributed by atoms with van der Waals surface area (Å²) in [6.45, 7) is 1.43. The molecule has 0 aliphatic rings. The average Bonchev–Trinajstić information content (AvgIpc) is 2.89. The Balaban J connectivity index is 1.71. The summed E-state index contributed by atoms with van der Waals surface area (Å²) in [5, 5.41) is 19.7. The number of ether oxygens (including phenoxy) is 1. The number of carbonyl (C=O) groups excluding carboxylic acids is 1. The van der Waals surface area contributed by atoms with Crippen molar-refractivity contribution in [2.45, 2.75) is 19.8 Å². The van der Waals surface area contributed by atoms with Gasteiger partial charge in [0, 0.05) is 37.7 Å². The maximum atomic E-state index is 13.3. The van der Waals surface area contributed by atoms with Crippen LogP contribution in [0.5, 0.6) is 5.75 Å². The van der Waals surface area contributed by atoms with Crippen molar-refractivity contribution in [1.82, 2.24) is 9.66 Å². The topological polar surface area (TPSA) is 129 Å². The van der Waals surface area contributed by atoms with Crippen molar-refractivity contribution in [3.63, 3.8) is 0 Å². The molecule has 1 amide bonds. The van der Waals surface area contributed by atoms with Gasteiger partial charge in [0.25, 0.3) is 11.5 Å². The lowest BCUT2D eigenvalue weighted by molar-refractivity contribution is -0.385. The summed E-state index contributed by atoms with van der Waals surface area (Å²) in [6, 6.07) is 14.4. The highest BCUT2D eigenvalue weighted by Gasteiger charge is 2.22. The molecule has 200 valence electrons. The molecular weight excluding hydrogens is 658 g/mol. The molecule has 4 rings (SSSR count). The molecular formula is C26H20Br2ClN5O5. The largest absolute Gasteiger partial charge is 0.476 e. The molecule has 13 heteroatoms. The summed E-state index contributed by atoms with van der Waals surface area (Å²) in [7, 11) is 0. The van der Waals surface area contributed by atoms with Gasteiger partial charge in [-0.2, -0.15) is 9.78 Å². The zero-order valence-electron chi connectivity index (χ0n) is 20.4. The highest BCUT2D eigenvalue weighted by molar-refractivity contribution is 9.10. The fraction of sp³-hybridized carbons (Fsp3) is 0.154. The Labute approximate surface area is 244 Å². The lowest BCUT2D eigenvalue weighted by Crippen LogP contribution is -2.23. The van der Waals surface area contributed by atoms with E-state index in [1.807, 2.05) is 6.92 Å². The smallest absolute Gasteiger partial charge is 0.312 e. The van der Waals surface area contributed by atoms with Gasteiger partial charge in [0.2, 0.25) is 5.75 Å². The molecule has 0 radical (unpaired) electrons. The maximum Gasteiger partial charge on any atom is 0.312 e. The summed E-state index contributed by atoms with van der Waals surface area (Å²) < 4.78 is 7.89. The van der Waals surface area contributed by atoms with Crippen LogP contribution in [0.25, 0.3) is 10.9 Å². The first-order valence-corrected chi connectivity index (χ1v) is 13.5. The van der Waals surface area contributed by atoms with Crippen LogP contribution < -0.4 is 15.6 Å². The second-order valence-corrected chi connectivity index (χ2v) is 10.5. The summed E-state index contributed by atoms with van der Waals surface area (Å²) in [6.07, 6.45) is 2.46. The second kappa shape index (κ2) is 12.5. The van der Waals surface area contributed by atoms with Crippen molar-refractivity contribution in [1.29, 1.82) is 0 Å². The molecule has 0 unspecified atom stereocenters. The van der Waals surface area contributed by atoms with E-state index in [1.54, 1.807) is 48.5 Å². The predicted molar refractivity (Wildman–Crippen MR) is 157 cm³/mol. The number of nitro benzene ring substituents is 1. The minimum Gasteiger partial charge on any atom is -0.476 e. The number of nitro groups is 1. The van der Waals surface area contributed by atoms with Gasteiger partial charge in [-0.25, -0.2) is 4.98 Å². The highest BCUT2D eigenvalue weighted by atomic mass is 79.9. The third-order valence-electron chi connectivity index (χ3n) is 5.40. The average molecular weight is 678 g/mol. The molecule has 0 fully saturated rings. The van der Waals surface area contributed by atoms with Crippen LogP contribution in [-0.2, 0) is 11.2 Å². The van der Waals surface area contributed by atoms with Crippen LogP contribution in [0, 0.1) is 10.1 Å². The van der Waals surface area contributed by atoms with E-state index in [0.29, 0.717) is 49.2 Å². The van der Waals surface area contributed by atoms with E-state index in [2.05, 4.69) is 47.3 Å². The zero-order chi connectivity index (χ0) is 28.1. The first-order valence-electron chi connectivity index (χ1n) is 11.6. The number of aromatic nitrogens is 2. The molecule has 1 N–H and O–H groups in total. The number of hydrogen-bond acceptors (Lipinski definition) is 7. The first-order chi connectivity index (χ1) is 18.7. The molecule has 3 aromatic carbocycles. The maximum absolute atomic E-state index is 13.3. The van der Waals surface area contributed by atoms with Crippen LogP contribution in [0.2, 0.25) is 5.02 Å². The van der Waals surface area contributed by atoms with Crippen LogP contribution >= 0.6 is 43.5 Å². The Bertz CT molecular complexity index is 1660. The Morgan fingerprint density at radius 3 is 2.62 bits per heavy atom. The fourth-order valence-corrected chi connectivity index (χ4v) is 4.63.